The van der Waals surface area contributed by atoms with E-state index in [1.54, 1.807) is 6.20 Å². The lowest BCUT2D eigenvalue weighted by Gasteiger charge is -2.46. The number of H-pyrrole nitrogens is 1. The number of aromatic nitrogens is 7. The Bertz CT molecular complexity index is 1110. The Morgan fingerprint density at radius 2 is 2.07 bits per heavy atom. The average Bonchev–Trinajstić information content (AvgIpc) is 3.37. The van der Waals surface area contributed by atoms with Crippen LogP contribution in [0.5, 0.6) is 0 Å². The van der Waals surface area contributed by atoms with Crippen LogP contribution in [0, 0.1) is 12.8 Å². The molecule has 138 valence electrons. The number of rotatable bonds is 4. The third kappa shape index (κ3) is 2.49. The largest absolute Gasteiger partial charge is 0.282 e. The number of aryl methyl sites for hydroxylation is 1. The van der Waals surface area contributed by atoms with Crippen molar-refractivity contribution >= 4 is 5.52 Å². The summed E-state index contributed by atoms with van der Waals surface area (Å²) in [6, 6.07) is 3.98. The van der Waals surface area contributed by atoms with Gasteiger partial charge in [-0.25, -0.2) is 9.50 Å². The highest BCUT2D eigenvalue weighted by atomic mass is 15.3. The lowest BCUT2D eigenvalue weighted by Crippen LogP contribution is -2.45. The van der Waals surface area contributed by atoms with E-state index in [9.17, 15) is 0 Å². The highest BCUT2D eigenvalue weighted by molar-refractivity contribution is 5.77. The molecule has 0 radical (unpaired) electrons. The smallest absolute Gasteiger partial charge is 0.112 e. The Kier molecular flexibility index (Phi) is 3.47. The fraction of sp³-hybridized carbons (Fsp3) is 0.400. The Morgan fingerprint density at radius 3 is 2.78 bits per heavy atom. The van der Waals surface area contributed by atoms with E-state index in [1.165, 1.54) is 12.8 Å². The molecule has 4 aromatic heterocycles. The summed E-state index contributed by atoms with van der Waals surface area (Å²) in [5.74, 6) is 0.767. The molecule has 4 heterocycles. The van der Waals surface area contributed by atoms with E-state index in [-0.39, 0.29) is 5.54 Å². The molecule has 0 unspecified atom stereocenters. The van der Waals surface area contributed by atoms with Gasteiger partial charge in [-0.05, 0) is 44.2 Å². The van der Waals surface area contributed by atoms with E-state index in [0.717, 1.165) is 46.2 Å². The van der Waals surface area contributed by atoms with Crippen molar-refractivity contribution in [3.05, 3.63) is 42.6 Å². The third-order valence-corrected chi connectivity index (χ3v) is 5.82. The van der Waals surface area contributed by atoms with Gasteiger partial charge in [0.05, 0.1) is 35.3 Å². The molecule has 7 nitrogen and oxygen atoms in total. The van der Waals surface area contributed by atoms with Gasteiger partial charge in [0.25, 0.3) is 0 Å². The minimum absolute atomic E-state index is 0.158. The van der Waals surface area contributed by atoms with Crippen molar-refractivity contribution in [1.82, 2.24) is 34.6 Å². The zero-order chi connectivity index (χ0) is 18.6. The first-order chi connectivity index (χ1) is 13.1. The lowest BCUT2D eigenvalue weighted by atomic mass is 9.68. The number of hydrogen-bond donors (Lipinski definition) is 1. The summed E-state index contributed by atoms with van der Waals surface area (Å²) >= 11 is 0. The normalized spacial score (nSPS) is 22.3. The van der Waals surface area contributed by atoms with E-state index < -0.39 is 0 Å². The van der Waals surface area contributed by atoms with Crippen molar-refractivity contribution < 1.29 is 0 Å². The predicted octanol–water partition coefficient (Wildman–Crippen LogP) is 3.83. The molecule has 1 fully saturated rings. The van der Waals surface area contributed by atoms with Gasteiger partial charge in [-0.3, -0.25) is 9.78 Å². The third-order valence-electron chi connectivity index (χ3n) is 5.82. The van der Waals surface area contributed by atoms with Crippen molar-refractivity contribution in [2.75, 3.05) is 0 Å². The standard InChI is InChI=1S/C20H23N7/c1-4-20(8-13(2)9-20)27-11-15(10-22-27)19-18-5-6-21-26(18)12-17(23-19)16-7-14(3)24-25-16/h5-7,10-13H,4,8-9H2,1-3H3,(H,24,25)/t13-,20-. The van der Waals surface area contributed by atoms with E-state index in [1.807, 2.05) is 36.0 Å². The number of hydrogen-bond acceptors (Lipinski definition) is 4. The first kappa shape index (κ1) is 16.2. The van der Waals surface area contributed by atoms with Crippen molar-refractivity contribution in [3.63, 3.8) is 0 Å². The zero-order valence-electron chi connectivity index (χ0n) is 15.8. The maximum Gasteiger partial charge on any atom is 0.112 e. The van der Waals surface area contributed by atoms with Gasteiger partial charge >= 0.3 is 0 Å². The highest BCUT2D eigenvalue weighted by Gasteiger charge is 2.42. The number of nitrogens with zero attached hydrogens (tertiary/aromatic N) is 6. The number of nitrogens with one attached hydrogen (secondary N) is 1. The van der Waals surface area contributed by atoms with Crippen LogP contribution in [0.3, 0.4) is 0 Å². The van der Waals surface area contributed by atoms with Crippen LogP contribution in [0.15, 0.2) is 36.9 Å². The fourth-order valence-corrected chi connectivity index (χ4v) is 4.39. The summed E-state index contributed by atoms with van der Waals surface area (Å²) in [4.78, 5) is 4.91. The van der Waals surface area contributed by atoms with Gasteiger partial charge in [0, 0.05) is 17.5 Å². The zero-order valence-corrected chi connectivity index (χ0v) is 15.8. The van der Waals surface area contributed by atoms with Gasteiger partial charge in [-0.1, -0.05) is 13.8 Å². The molecule has 0 bridgehead atoms. The topological polar surface area (TPSA) is 76.7 Å². The maximum absolute atomic E-state index is 4.91. The Labute approximate surface area is 157 Å². The molecule has 4 aromatic rings. The van der Waals surface area contributed by atoms with Gasteiger partial charge in [0.2, 0.25) is 0 Å². The van der Waals surface area contributed by atoms with Crippen LogP contribution in [0.25, 0.3) is 28.2 Å². The van der Waals surface area contributed by atoms with E-state index in [0.29, 0.717) is 0 Å². The SMILES string of the molecule is CC[C@]1(n2cc(-c3nc(-c4cc(C)[nH]n4)cn4nccc34)cn2)C[C@H](C)C1. The summed E-state index contributed by atoms with van der Waals surface area (Å²) in [6.45, 7) is 6.55. The van der Waals surface area contributed by atoms with Crippen LogP contribution in [0.4, 0.5) is 0 Å². The molecule has 0 aromatic carbocycles. The second-order valence-electron chi connectivity index (χ2n) is 7.84. The minimum atomic E-state index is 0.158. The van der Waals surface area contributed by atoms with Crippen molar-refractivity contribution in [2.24, 2.45) is 5.92 Å². The van der Waals surface area contributed by atoms with Gasteiger partial charge in [0.1, 0.15) is 11.4 Å². The Hall–Kier alpha value is -2.96. The van der Waals surface area contributed by atoms with E-state index in [2.05, 4.69) is 40.0 Å². The first-order valence-corrected chi connectivity index (χ1v) is 9.50. The molecular formula is C20H23N7. The maximum atomic E-state index is 4.91. The average molecular weight is 361 g/mol. The van der Waals surface area contributed by atoms with Crippen LogP contribution in [-0.4, -0.2) is 34.6 Å². The monoisotopic (exact) mass is 361 g/mol. The van der Waals surface area contributed by atoms with Gasteiger partial charge < -0.3 is 0 Å². The van der Waals surface area contributed by atoms with Crippen LogP contribution in [0.2, 0.25) is 0 Å². The molecule has 1 aliphatic carbocycles. The number of aromatic amines is 1. The van der Waals surface area contributed by atoms with Crippen LogP contribution < -0.4 is 0 Å². The highest BCUT2D eigenvalue weighted by Crippen LogP contribution is 2.46. The minimum Gasteiger partial charge on any atom is -0.282 e. The van der Waals surface area contributed by atoms with Gasteiger partial charge in [0.15, 0.2) is 0 Å². The molecule has 1 aliphatic rings. The molecule has 1 N–H and O–H groups in total. The number of fused-ring (bicyclic) bond motifs is 1. The second-order valence-corrected chi connectivity index (χ2v) is 7.84. The Morgan fingerprint density at radius 1 is 1.22 bits per heavy atom. The fourth-order valence-electron chi connectivity index (χ4n) is 4.39. The molecule has 0 saturated heterocycles. The molecular weight excluding hydrogens is 338 g/mol. The molecule has 0 atom stereocenters. The van der Waals surface area contributed by atoms with Gasteiger partial charge in [-0.2, -0.15) is 15.3 Å². The van der Waals surface area contributed by atoms with Crippen LogP contribution >= 0.6 is 0 Å². The molecule has 0 amide bonds. The molecule has 7 heteroatoms. The van der Waals surface area contributed by atoms with E-state index >= 15 is 0 Å². The molecule has 0 spiro atoms. The second kappa shape index (κ2) is 5.77. The van der Waals surface area contributed by atoms with Gasteiger partial charge in [-0.15, -0.1) is 0 Å². The van der Waals surface area contributed by atoms with Crippen molar-refractivity contribution in [1.29, 1.82) is 0 Å². The first-order valence-electron chi connectivity index (χ1n) is 9.50. The Balaban J connectivity index is 1.62. The van der Waals surface area contributed by atoms with Crippen LogP contribution in [0.1, 0.15) is 38.8 Å². The van der Waals surface area contributed by atoms with Crippen molar-refractivity contribution in [2.45, 2.75) is 45.6 Å². The van der Waals surface area contributed by atoms with Crippen molar-refractivity contribution in [3.8, 4) is 22.6 Å². The summed E-state index contributed by atoms with van der Waals surface area (Å²) in [5.41, 5.74) is 5.64. The predicted molar refractivity (Wildman–Crippen MR) is 103 cm³/mol. The quantitative estimate of drug-likeness (QED) is 0.599. The summed E-state index contributed by atoms with van der Waals surface area (Å²) in [6.07, 6.45) is 11.3. The summed E-state index contributed by atoms with van der Waals surface area (Å²) < 4.78 is 4.02. The summed E-state index contributed by atoms with van der Waals surface area (Å²) in [7, 11) is 0. The van der Waals surface area contributed by atoms with Crippen LogP contribution in [-0.2, 0) is 5.54 Å². The summed E-state index contributed by atoms with van der Waals surface area (Å²) in [5, 5.41) is 16.5. The molecule has 1 saturated carbocycles. The molecule has 5 rings (SSSR count). The lowest BCUT2D eigenvalue weighted by molar-refractivity contribution is 0.0591. The molecule has 27 heavy (non-hydrogen) atoms. The molecule has 0 aliphatic heterocycles. The van der Waals surface area contributed by atoms with E-state index in [4.69, 9.17) is 10.1 Å².